The van der Waals surface area contributed by atoms with Gasteiger partial charge in [0.15, 0.2) is 0 Å². The number of nitrogens with zero attached hydrogens (tertiary/aromatic N) is 1. The minimum absolute atomic E-state index is 0.116. The van der Waals surface area contributed by atoms with Crippen LogP contribution in [-0.2, 0) is 9.59 Å². The molecule has 4 nitrogen and oxygen atoms in total. The Morgan fingerprint density at radius 3 is 2.47 bits per heavy atom. The molecule has 0 aromatic heterocycles. The Morgan fingerprint density at radius 1 is 1.26 bits per heavy atom. The van der Waals surface area contributed by atoms with E-state index >= 15 is 0 Å². The Labute approximate surface area is 113 Å². The Hall–Kier alpha value is -1.68. The molecule has 0 aliphatic carbocycles. The molecule has 2 rings (SSSR count). The number of rotatable bonds is 4. The molecule has 0 saturated carbocycles. The van der Waals surface area contributed by atoms with Crippen LogP contribution in [0.5, 0.6) is 0 Å². The first-order chi connectivity index (χ1) is 9.00. The van der Waals surface area contributed by atoms with Gasteiger partial charge in [0.1, 0.15) is 0 Å². The largest absolute Gasteiger partial charge is 0.326 e. The maximum Gasteiger partial charge on any atom is 0.237 e. The number of carbonyl (C=O) groups is 2. The second-order valence-corrected chi connectivity index (χ2v) is 5.42. The lowest BCUT2D eigenvalue weighted by Gasteiger charge is -2.22. The van der Waals surface area contributed by atoms with Crippen molar-refractivity contribution < 1.29 is 9.59 Å². The number of carbonyl (C=O) groups excluding carboxylic acids is 2. The Morgan fingerprint density at radius 2 is 1.89 bits per heavy atom. The molecule has 0 bridgehead atoms. The van der Waals surface area contributed by atoms with Crippen LogP contribution in [0, 0.1) is 5.92 Å². The number of hydrogen-bond acceptors (Lipinski definition) is 3. The van der Waals surface area contributed by atoms with Crippen molar-refractivity contribution in [2.75, 3.05) is 6.54 Å². The summed E-state index contributed by atoms with van der Waals surface area (Å²) in [7, 11) is 0. The maximum absolute atomic E-state index is 12.3. The second-order valence-electron chi connectivity index (χ2n) is 5.42. The summed E-state index contributed by atoms with van der Waals surface area (Å²) in [5, 5.41) is 0. The molecule has 1 aliphatic rings. The van der Waals surface area contributed by atoms with Crippen LogP contribution in [-0.4, -0.2) is 29.3 Å². The van der Waals surface area contributed by atoms with E-state index in [9.17, 15) is 9.59 Å². The first kappa shape index (κ1) is 13.7. The molecule has 1 aromatic carbocycles. The summed E-state index contributed by atoms with van der Waals surface area (Å²) < 4.78 is 0. The van der Waals surface area contributed by atoms with E-state index in [1.54, 1.807) is 0 Å². The van der Waals surface area contributed by atoms with Gasteiger partial charge < -0.3 is 5.73 Å². The predicted octanol–water partition coefficient (Wildman–Crippen LogP) is 1.51. The van der Waals surface area contributed by atoms with Gasteiger partial charge in [0, 0.05) is 19.0 Å². The van der Waals surface area contributed by atoms with Crippen molar-refractivity contribution in [2.24, 2.45) is 11.7 Å². The third-order valence-electron chi connectivity index (χ3n) is 3.70. The van der Waals surface area contributed by atoms with Crippen molar-refractivity contribution >= 4 is 11.8 Å². The zero-order chi connectivity index (χ0) is 14.0. The number of benzene rings is 1. The average Bonchev–Trinajstić information content (AvgIpc) is 2.67. The van der Waals surface area contributed by atoms with Crippen molar-refractivity contribution in [3.05, 3.63) is 35.9 Å². The zero-order valence-electron chi connectivity index (χ0n) is 11.4. The highest BCUT2D eigenvalue weighted by molar-refractivity contribution is 6.06. The van der Waals surface area contributed by atoms with Crippen LogP contribution < -0.4 is 5.73 Å². The monoisotopic (exact) mass is 260 g/mol. The molecule has 2 amide bonds. The summed E-state index contributed by atoms with van der Waals surface area (Å²) in [6.07, 6.45) is 0.258. The van der Waals surface area contributed by atoms with Crippen molar-refractivity contribution in [3.63, 3.8) is 0 Å². The van der Waals surface area contributed by atoms with Crippen LogP contribution >= 0.6 is 0 Å². The van der Waals surface area contributed by atoms with Crippen LogP contribution in [0.4, 0.5) is 0 Å². The first-order valence-electron chi connectivity index (χ1n) is 6.65. The van der Waals surface area contributed by atoms with Gasteiger partial charge in [-0.2, -0.15) is 0 Å². The molecule has 2 atom stereocenters. The van der Waals surface area contributed by atoms with E-state index in [2.05, 4.69) is 0 Å². The maximum atomic E-state index is 12.3. The van der Waals surface area contributed by atoms with E-state index in [1.807, 2.05) is 44.2 Å². The number of nitrogens with two attached hydrogens (primary N) is 1. The van der Waals surface area contributed by atoms with Crippen molar-refractivity contribution in [2.45, 2.75) is 32.2 Å². The fourth-order valence-electron chi connectivity index (χ4n) is 2.24. The van der Waals surface area contributed by atoms with E-state index in [0.29, 0.717) is 6.54 Å². The first-order valence-corrected chi connectivity index (χ1v) is 6.65. The quantitative estimate of drug-likeness (QED) is 0.835. The smallest absolute Gasteiger partial charge is 0.237 e. The van der Waals surface area contributed by atoms with Gasteiger partial charge in [-0.1, -0.05) is 44.2 Å². The summed E-state index contributed by atoms with van der Waals surface area (Å²) in [5.74, 6) is -0.327. The highest BCUT2D eigenvalue weighted by Gasteiger charge is 2.39. The van der Waals surface area contributed by atoms with E-state index in [0.717, 1.165) is 5.56 Å². The number of likely N-dealkylation sites (tertiary alicyclic amines) is 1. The zero-order valence-corrected chi connectivity index (χ0v) is 11.4. The van der Waals surface area contributed by atoms with Crippen molar-refractivity contribution in [1.29, 1.82) is 0 Å². The molecule has 1 aliphatic heterocycles. The van der Waals surface area contributed by atoms with Gasteiger partial charge in [-0.15, -0.1) is 0 Å². The molecule has 1 saturated heterocycles. The van der Waals surface area contributed by atoms with Crippen LogP contribution in [0.1, 0.15) is 31.7 Å². The van der Waals surface area contributed by atoms with Gasteiger partial charge in [-0.05, 0) is 11.5 Å². The Balaban J connectivity index is 2.13. The number of imide groups is 1. The minimum Gasteiger partial charge on any atom is -0.326 e. The molecule has 2 N–H and O–H groups in total. The summed E-state index contributed by atoms with van der Waals surface area (Å²) in [4.78, 5) is 25.6. The fourth-order valence-corrected chi connectivity index (χ4v) is 2.24. The molecular formula is C15H20N2O2. The third kappa shape index (κ3) is 2.84. The molecule has 1 aromatic rings. The van der Waals surface area contributed by atoms with E-state index in [4.69, 9.17) is 5.73 Å². The third-order valence-corrected chi connectivity index (χ3v) is 3.70. The van der Waals surface area contributed by atoms with Crippen LogP contribution in [0.15, 0.2) is 30.3 Å². The molecule has 1 heterocycles. The standard InChI is InChI=1S/C15H20N2O2/c1-10(2)13(16)9-17-14(18)8-12(15(17)19)11-6-4-3-5-7-11/h3-7,10,12-13H,8-9,16H2,1-2H3. The normalized spacial score (nSPS) is 21.3. The molecule has 1 fully saturated rings. The van der Waals surface area contributed by atoms with E-state index < -0.39 is 0 Å². The summed E-state index contributed by atoms with van der Waals surface area (Å²) in [6, 6.07) is 9.29. The van der Waals surface area contributed by atoms with Gasteiger partial charge in [0.25, 0.3) is 0 Å². The SMILES string of the molecule is CC(C)C(N)CN1C(=O)CC(c2ccccc2)C1=O. The van der Waals surface area contributed by atoms with Crippen LogP contribution in [0.25, 0.3) is 0 Å². The summed E-state index contributed by atoms with van der Waals surface area (Å²) in [5.41, 5.74) is 6.86. The topological polar surface area (TPSA) is 63.4 Å². The molecule has 0 radical (unpaired) electrons. The lowest BCUT2D eigenvalue weighted by atomic mass is 9.98. The predicted molar refractivity (Wildman–Crippen MR) is 73.3 cm³/mol. The van der Waals surface area contributed by atoms with Gasteiger partial charge in [-0.25, -0.2) is 0 Å². The van der Waals surface area contributed by atoms with Gasteiger partial charge in [-0.3, -0.25) is 14.5 Å². The van der Waals surface area contributed by atoms with Crippen LogP contribution in [0.3, 0.4) is 0 Å². The molecule has 19 heavy (non-hydrogen) atoms. The second kappa shape index (κ2) is 5.53. The van der Waals surface area contributed by atoms with Gasteiger partial charge in [0.2, 0.25) is 11.8 Å². The minimum atomic E-state index is -0.340. The summed E-state index contributed by atoms with van der Waals surface area (Å²) >= 11 is 0. The number of amides is 2. The van der Waals surface area contributed by atoms with E-state index in [1.165, 1.54) is 4.90 Å². The average molecular weight is 260 g/mol. The lowest BCUT2D eigenvalue weighted by molar-refractivity contribution is -0.139. The highest BCUT2D eigenvalue weighted by atomic mass is 16.2. The molecule has 2 unspecified atom stereocenters. The van der Waals surface area contributed by atoms with Crippen molar-refractivity contribution in [3.8, 4) is 0 Å². The highest BCUT2D eigenvalue weighted by Crippen LogP contribution is 2.29. The van der Waals surface area contributed by atoms with Gasteiger partial charge >= 0.3 is 0 Å². The fraction of sp³-hybridized carbons (Fsp3) is 0.467. The molecule has 0 spiro atoms. The number of hydrogen-bond donors (Lipinski definition) is 1. The summed E-state index contributed by atoms with van der Waals surface area (Å²) in [6.45, 7) is 4.30. The van der Waals surface area contributed by atoms with Gasteiger partial charge in [0.05, 0.1) is 5.92 Å². The Kier molecular flexibility index (Phi) is 4.00. The van der Waals surface area contributed by atoms with Crippen molar-refractivity contribution in [1.82, 2.24) is 4.90 Å². The van der Waals surface area contributed by atoms with Crippen LogP contribution in [0.2, 0.25) is 0 Å². The lowest BCUT2D eigenvalue weighted by Crippen LogP contribution is -2.43. The molecular weight excluding hydrogens is 240 g/mol. The Bertz CT molecular complexity index is 470. The van der Waals surface area contributed by atoms with E-state index in [-0.39, 0.29) is 36.1 Å². The molecule has 4 heteroatoms. The molecule has 102 valence electrons.